The Kier molecular flexibility index (Phi) is 6.79. The zero-order valence-corrected chi connectivity index (χ0v) is 16.5. The van der Waals surface area contributed by atoms with E-state index >= 15 is 0 Å². The molecule has 0 radical (unpaired) electrons. The lowest BCUT2D eigenvalue weighted by atomic mass is 9.81. The minimum absolute atomic E-state index is 0. The molecular weight excluding hydrogens is 371 g/mol. The summed E-state index contributed by atoms with van der Waals surface area (Å²) >= 11 is 6.11. The molecule has 0 aromatic heterocycles. The highest BCUT2D eigenvalue weighted by Gasteiger charge is 2.31. The van der Waals surface area contributed by atoms with Crippen LogP contribution in [0.25, 0.3) is 0 Å². The Bertz CT molecular complexity index is 768. The van der Waals surface area contributed by atoms with Crippen LogP contribution < -0.4 is 10.5 Å². The molecule has 2 atom stereocenters. The average Bonchev–Trinajstić information content (AvgIpc) is 2.63. The van der Waals surface area contributed by atoms with Gasteiger partial charge in [0.2, 0.25) is 0 Å². The fourth-order valence-electron chi connectivity index (χ4n) is 3.60. The van der Waals surface area contributed by atoms with Gasteiger partial charge < -0.3 is 15.4 Å². The van der Waals surface area contributed by atoms with Crippen LogP contribution in [0.2, 0.25) is 5.02 Å². The highest BCUT2D eigenvalue weighted by Crippen LogP contribution is 2.35. The average molecular weight is 395 g/mol. The van der Waals surface area contributed by atoms with Crippen LogP contribution in [-0.4, -0.2) is 31.0 Å². The highest BCUT2D eigenvalue weighted by atomic mass is 35.5. The van der Waals surface area contributed by atoms with Crippen molar-refractivity contribution in [3.8, 4) is 5.75 Å². The van der Waals surface area contributed by atoms with E-state index in [2.05, 4.69) is 31.2 Å². The van der Waals surface area contributed by atoms with Crippen LogP contribution in [0.1, 0.15) is 35.2 Å². The third-order valence-electron chi connectivity index (χ3n) is 4.97. The van der Waals surface area contributed by atoms with Gasteiger partial charge in [-0.3, -0.25) is 4.79 Å². The molecule has 2 unspecified atom stereocenters. The standard InChI is InChI=1S/C20H23ClN2O2.ClH/c1-13-12-23(9-8-15(13)14-6-4-3-5-7-14)20(24)16-10-17(21)18(22)11-19(16)25-2;/h3-7,10-11,13,15H,8-9,12,22H2,1-2H3;1H. The molecule has 1 aliphatic rings. The summed E-state index contributed by atoms with van der Waals surface area (Å²) in [7, 11) is 1.53. The number of benzene rings is 2. The highest BCUT2D eigenvalue weighted by molar-refractivity contribution is 6.33. The van der Waals surface area contributed by atoms with Crippen molar-refractivity contribution in [1.29, 1.82) is 0 Å². The Morgan fingerprint density at radius 2 is 1.96 bits per heavy atom. The maximum atomic E-state index is 13.0. The molecule has 0 saturated carbocycles. The first-order valence-electron chi connectivity index (χ1n) is 8.48. The molecule has 6 heteroatoms. The first-order valence-corrected chi connectivity index (χ1v) is 8.86. The van der Waals surface area contributed by atoms with Crippen LogP contribution in [0.4, 0.5) is 5.69 Å². The summed E-state index contributed by atoms with van der Waals surface area (Å²) in [6.45, 7) is 3.63. The van der Waals surface area contributed by atoms with Crippen LogP contribution in [0.3, 0.4) is 0 Å². The molecule has 0 bridgehead atoms. The SMILES string of the molecule is COc1cc(N)c(Cl)cc1C(=O)N1CCC(c2ccccc2)C(C)C1.Cl. The Morgan fingerprint density at radius 1 is 1.27 bits per heavy atom. The molecule has 1 aliphatic heterocycles. The molecule has 2 aromatic carbocycles. The molecule has 2 aromatic rings. The largest absolute Gasteiger partial charge is 0.496 e. The van der Waals surface area contributed by atoms with Crippen molar-refractivity contribution < 1.29 is 9.53 Å². The number of amides is 1. The van der Waals surface area contributed by atoms with Crippen molar-refractivity contribution in [1.82, 2.24) is 4.90 Å². The summed E-state index contributed by atoms with van der Waals surface area (Å²) < 4.78 is 5.32. The van der Waals surface area contributed by atoms with Gasteiger partial charge in [0, 0.05) is 19.2 Å². The normalized spacial score (nSPS) is 19.6. The third-order valence-corrected chi connectivity index (χ3v) is 5.30. The number of carbonyl (C=O) groups is 1. The maximum absolute atomic E-state index is 13.0. The van der Waals surface area contributed by atoms with Crippen molar-refractivity contribution in [3.05, 3.63) is 58.6 Å². The van der Waals surface area contributed by atoms with E-state index in [1.165, 1.54) is 12.7 Å². The molecule has 3 rings (SSSR count). The van der Waals surface area contributed by atoms with Gasteiger partial charge in [-0.25, -0.2) is 0 Å². The van der Waals surface area contributed by atoms with E-state index in [-0.39, 0.29) is 18.3 Å². The monoisotopic (exact) mass is 394 g/mol. The van der Waals surface area contributed by atoms with E-state index in [9.17, 15) is 4.79 Å². The molecule has 140 valence electrons. The van der Waals surface area contributed by atoms with Crippen molar-refractivity contribution in [2.24, 2.45) is 5.92 Å². The molecule has 1 fully saturated rings. The molecule has 1 amide bonds. The van der Waals surface area contributed by atoms with Gasteiger partial charge in [-0.05, 0) is 29.9 Å². The summed E-state index contributed by atoms with van der Waals surface area (Å²) in [4.78, 5) is 14.9. The van der Waals surface area contributed by atoms with Gasteiger partial charge in [-0.2, -0.15) is 0 Å². The number of carbonyl (C=O) groups excluding carboxylic acids is 1. The Balaban J connectivity index is 0.00000243. The van der Waals surface area contributed by atoms with Crippen LogP contribution in [0, 0.1) is 5.92 Å². The molecule has 1 saturated heterocycles. The van der Waals surface area contributed by atoms with Crippen molar-refractivity contribution >= 4 is 35.6 Å². The quantitative estimate of drug-likeness (QED) is 0.772. The number of ether oxygens (including phenoxy) is 1. The number of rotatable bonds is 3. The number of nitrogens with two attached hydrogens (primary N) is 1. The minimum atomic E-state index is -0.0582. The number of anilines is 1. The van der Waals surface area contributed by atoms with E-state index in [4.69, 9.17) is 22.1 Å². The third kappa shape index (κ3) is 4.08. The first kappa shape index (κ1) is 20.4. The lowest BCUT2D eigenvalue weighted by Gasteiger charge is -2.37. The first-order chi connectivity index (χ1) is 12.0. The number of piperidine rings is 1. The lowest BCUT2D eigenvalue weighted by Crippen LogP contribution is -2.42. The number of hydrogen-bond acceptors (Lipinski definition) is 3. The van der Waals surface area contributed by atoms with Gasteiger partial charge in [-0.15, -0.1) is 12.4 Å². The summed E-state index contributed by atoms with van der Waals surface area (Å²) in [6, 6.07) is 13.7. The van der Waals surface area contributed by atoms with Gasteiger partial charge in [0.1, 0.15) is 5.75 Å². The van der Waals surface area contributed by atoms with Gasteiger partial charge in [0.15, 0.2) is 0 Å². The van der Waals surface area contributed by atoms with Gasteiger partial charge >= 0.3 is 0 Å². The summed E-state index contributed by atoms with van der Waals surface area (Å²) in [5, 5.41) is 0.372. The number of likely N-dealkylation sites (tertiary alicyclic amines) is 1. The number of nitrogen functional groups attached to an aromatic ring is 1. The zero-order valence-electron chi connectivity index (χ0n) is 14.9. The molecule has 0 spiro atoms. The second-order valence-corrected chi connectivity index (χ2v) is 7.02. The number of nitrogens with zero attached hydrogens (tertiary/aromatic N) is 1. The fraction of sp³-hybridized carbons (Fsp3) is 0.350. The summed E-state index contributed by atoms with van der Waals surface area (Å²) in [5.74, 6) is 1.26. The zero-order chi connectivity index (χ0) is 18.0. The smallest absolute Gasteiger partial charge is 0.257 e. The Labute approximate surface area is 165 Å². The van der Waals surface area contributed by atoms with E-state index in [1.54, 1.807) is 12.1 Å². The lowest BCUT2D eigenvalue weighted by molar-refractivity contribution is 0.0657. The predicted molar refractivity (Wildman–Crippen MR) is 109 cm³/mol. The molecule has 2 N–H and O–H groups in total. The molecule has 4 nitrogen and oxygen atoms in total. The Morgan fingerprint density at radius 3 is 2.58 bits per heavy atom. The number of hydrogen-bond donors (Lipinski definition) is 1. The molecule has 1 heterocycles. The Hall–Kier alpha value is -1.91. The minimum Gasteiger partial charge on any atom is -0.496 e. The van der Waals surface area contributed by atoms with Crippen LogP contribution >= 0.6 is 24.0 Å². The van der Waals surface area contributed by atoms with Crippen molar-refractivity contribution in [3.63, 3.8) is 0 Å². The van der Waals surface area contributed by atoms with Gasteiger partial charge in [0.25, 0.3) is 5.91 Å². The van der Waals surface area contributed by atoms with E-state index < -0.39 is 0 Å². The number of halogens is 2. The van der Waals surface area contributed by atoms with Gasteiger partial charge in [0.05, 0.1) is 23.4 Å². The fourth-order valence-corrected chi connectivity index (χ4v) is 3.76. The van der Waals surface area contributed by atoms with Crippen LogP contribution in [0.15, 0.2) is 42.5 Å². The topological polar surface area (TPSA) is 55.6 Å². The van der Waals surface area contributed by atoms with Crippen LogP contribution in [-0.2, 0) is 0 Å². The van der Waals surface area contributed by atoms with Crippen molar-refractivity contribution in [2.45, 2.75) is 19.3 Å². The summed E-state index contributed by atoms with van der Waals surface area (Å²) in [5.41, 5.74) is 8.03. The van der Waals surface area contributed by atoms with Crippen molar-refractivity contribution in [2.75, 3.05) is 25.9 Å². The number of methoxy groups -OCH3 is 1. The second-order valence-electron chi connectivity index (χ2n) is 6.61. The van der Waals surface area contributed by atoms with E-state index in [0.717, 1.165) is 6.42 Å². The predicted octanol–water partition coefficient (Wildman–Crippen LogP) is 4.62. The maximum Gasteiger partial charge on any atom is 0.257 e. The van der Waals surface area contributed by atoms with E-state index in [1.807, 2.05) is 11.0 Å². The van der Waals surface area contributed by atoms with E-state index in [0.29, 0.717) is 46.9 Å². The molecule has 26 heavy (non-hydrogen) atoms. The molecular formula is C20H24Cl2N2O2. The summed E-state index contributed by atoms with van der Waals surface area (Å²) in [6.07, 6.45) is 0.946. The van der Waals surface area contributed by atoms with Gasteiger partial charge in [-0.1, -0.05) is 48.9 Å². The van der Waals surface area contributed by atoms with Crippen LogP contribution in [0.5, 0.6) is 5.75 Å². The second kappa shape index (κ2) is 8.65. The molecule has 0 aliphatic carbocycles.